The van der Waals surface area contributed by atoms with Crippen molar-refractivity contribution >= 4 is 0 Å². The number of nitrogens with one attached hydrogen (secondary N) is 1. The van der Waals surface area contributed by atoms with E-state index in [2.05, 4.69) is 26.1 Å². The fourth-order valence-electron chi connectivity index (χ4n) is 3.95. The third-order valence-corrected chi connectivity index (χ3v) is 5.54. The number of ether oxygens (including phenoxy) is 3. The van der Waals surface area contributed by atoms with Crippen LogP contribution in [-0.2, 0) is 14.2 Å². The van der Waals surface area contributed by atoms with E-state index in [0.29, 0.717) is 18.2 Å². The Labute approximate surface area is 122 Å². The third kappa shape index (κ3) is 2.63. The molecule has 1 N–H and O–H groups in total. The Morgan fingerprint density at radius 1 is 1.15 bits per heavy atom. The number of rotatable bonds is 4. The highest BCUT2D eigenvalue weighted by atomic mass is 16.7. The predicted molar refractivity (Wildman–Crippen MR) is 77.6 cm³/mol. The fraction of sp³-hybridized carbons (Fsp3) is 1.00. The maximum absolute atomic E-state index is 5.81. The van der Waals surface area contributed by atoms with E-state index in [0.717, 1.165) is 51.9 Å². The molecule has 0 amide bonds. The van der Waals surface area contributed by atoms with Crippen molar-refractivity contribution in [3.63, 3.8) is 0 Å². The molecule has 0 radical (unpaired) electrons. The smallest absolute Gasteiger partial charge is 0.168 e. The zero-order valence-corrected chi connectivity index (χ0v) is 13.1. The minimum absolute atomic E-state index is 0.235. The average Bonchev–Trinajstić information content (AvgIpc) is 2.88. The molecule has 1 heterocycles. The van der Waals surface area contributed by atoms with E-state index >= 15 is 0 Å². The summed E-state index contributed by atoms with van der Waals surface area (Å²) in [5.41, 5.74) is 0.255. The van der Waals surface area contributed by atoms with Crippen molar-refractivity contribution in [3.8, 4) is 0 Å². The molecule has 3 fully saturated rings. The first kappa shape index (κ1) is 14.8. The van der Waals surface area contributed by atoms with Crippen molar-refractivity contribution in [2.45, 2.75) is 76.9 Å². The zero-order chi connectivity index (χ0) is 14.2. The molecule has 3 aliphatic rings. The summed E-state index contributed by atoms with van der Waals surface area (Å²) in [6.45, 7) is 9.08. The summed E-state index contributed by atoms with van der Waals surface area (Å²) in [7, 11) is 0. The Kier molecular flexibility index (Phi) is 4.10. The monoisotopic (exact) mass is 283 g/mol. The number of hydrogen-bond donors (Lipinski definition) is 1. The molecule has 0 aromatic rings. The molecule has 4 nitrogen and oxygen atoms in total. The van der Waals surface area contributed by atoms with Crippen molar-refractivity contribution in [3.05, 3.63) is 0 Å². The molecule has 0 bridgehead atoms. The lowest BCUT2D eigenvalue weighted by molar-refractivity contribution is -0.182. The van der Waals surface area contributed by atoms with E-state index in [-0.39, 0.29) is 11.2 Å². The summed E-state index contributed by atoms with van der Waals surface area (Å²) in [6, 6.07) is 1.20. The van der Waals surface area contributed by atoms with Gasteiger partial charge in [-0.3, -0.25) is 0 Å². The van der Waals surface area contributed by atoms with Crippen molar-refractivity contribution in [2.24, 2.45) is 5.41 Å². The molecule has 2 atom stereocenters. The van der Waals surface area contributed by atoms with E-state index in [4.69, 9.17) is 14.2 Å². The van der Waals surface area contributed by atoms with Gasteiger partial charge in [0.05, 0.1) is 19.3 Å². The van der Waals surface area contributed by atoms with Crippen molar-refractivity contribution in [1.29, 1.82) is 0 Å². The molecule has 20 heavy (non-hydrogen) atoms. The first-order valence-electron chi connectivity index (χ1n) is 8.21. The summed E-state index contributed by atoms with van der Waals surface area (Å²) < 4.78 is 17.4. The highest BCUT2D eigenvalue weighted by molar-refractivity contribution is 5.04. The summed E-state index contributed by atoms with van der Waals surface area (Å²) in [5, 5.41) is 3.85. The van der Waals surface area contributed by atoms with Crippen LogP contribution in [0.1, 0.15) is 52.9 Å². The van der Waals surface area contributed by atoms with Gasteiger partial charge in [0.25, 0.3) is 0 Å². The molecule has 1 spiro atoms. The van der Waals surface area contributed by atoms with Gasteiger partial charge in [0.15, 0.2) is 5.79 Å². The molecule has 0 unspecified atom stereocenters. The fourth-order valence-corrected chi connectivity index (χ4v) is 3.95. The largest absolute Gasteiger partial charge is 0.378 e. The lowest BCUT2D eigenvalue weighted by atomic mass is 9.64. The molecule has 0 aromatic heterocycles. The van der Waals surface area contributed by atoms with Crippen LogP contribution in [0.5, 0.6) is 0 Å². The molecule has 2 saturated carbocycles. The van der Waals surface area contributed by atoms with E-state index in [9.17, 15) is 0 Å². The van der Waals surface area contributed by atoms with Gasteiger partial charge in [0.1, 0.15) is 0 Å². The summed E-state index contributed by atoms with van der Waals surface area (Å²) in [4.78, 5) is 0. The second-order valence-electron chi connectivity index (χ2n) is 7.10. The van der Waals surface area contributed by atoms with Gasteiger partial charge in [-0.1, -0.05) is 13.8 Å². The van der Waals surface area contributed by atoms with Crippen LogP contribution in [-0.4, -0.2) is 43.8 Å². The van der Waals surface area contributed by atoms with Gasteiger partial charge >= 0.3 is 0 Å². The minimum atomic E-state index is -0.235. The third-order valence-electron chi connectivity index (χ3n) is 5.54. The van der Waals surface area contributed by atoms with Crippen molar-refractivity contribution in [2.75, 3.05) is 19.8 Å². The molecule has 2 aliphatic carbocycles. The SMILES string of the molecule is CCO[C@@H]1C[C@H](NC2CCC3(CC2)OCCO3)C1(C)C. The van der Waals surface area contributed by atoms with Crippen LogP contribution in [0, 0.1) is 5.41 Å². The normalized spacial score (nSPS) is 36.1. The van der Waals surface area contributed by atoms with Crippen molar-refractivity contribution in [1.82, 2.24) is 5.32 Å². The highest BCUT2D eigenvalue weighted by Crippen LogP contribution is 2.44. The van der Waals surface area contributed by atoms with Crippen LogP contribution in [0.15, 0.2) is 0 Å². The second kappa shape index (κ2) is 5.56. The quantitative estimate of drug-likeness (QED) is 0.860. The van der Waals surface area contributed by atoms with Gasteiger partial charge < -0.3 is 19.5 Å². The summed E-state index contributed by atoms with van der Waals surface area (Å²) in [6.07, 6.45) is 5.95. The molecular formula is C16H29NO3. The lowest BCUT2D eigenvalue weighted by Crippen LogP contribution is -2.63. The minimum Gasteiger partial charge on any atom is -0.378 e. The van der Waals surface area contributed by atoms with Gasteiger partial charge in [-0.15, -0.1) is 0 Å². The average molecular weight is 283 g/mol. The van der Waals surface area contributed by atoms with Crippen molar-refractivity contribution < 1.29 is 14.2 Å². The van der Waals surface area contributed by atoms with Gasteiger partial charge in [0, 0.05) is 36.9 Å². The molecule has 3 rings (SSSR count). The Hall–Kier alpha value is -0.160. The summed E-state index contributed by atoms with van der Waals surface area (Å²) in [5.74, 6) is -0.235. The van der Waals surface area contributed by atoms with E-state index in [1.165, 1.54) is 0 Å². The van der Waals surface area contributed by atoms with Crippen LogP contribution in [0.25, 0.3) is 0 Å². The topological polar surface area (TPSA) is 39.7 Å². The first-order valence-corrected chi connectivity index (χ1v) is 8.21. The molecule has 1 aliphatic heterocycles. The predicted octanol–water partition coefficient (Wildman–Crippen LogP) is 2.47. The molecule has 1 saturated heterocycles. The Morgan fingerprint density at radius 3 is 2.35 bits per heavy atom. The lowest BCUT2D eigenvalue weighted by Gasteiger charge is -2.53. The second-order valence-corrected chi connectivity index (χ2v) is 7.10. The highest BCUT2D eigenvalue weighted by Gasteiger charge is 2.50. The van der Waals surface area contributed by atoms with Gasteiger partial charge in [-0.2, -0.15) is 0 Å². The maximum Gasteiger partial charge on any atom is 0.168 e. The van der Waals surface area contributed by atoms with Gasteiger partial charge in [-0.25, -0.2) is 0 Å². The number of hydrogen-bond acceptors (Lipinski definition) is 4. The standard InChI is InChI=1S/C16H29NO3/c1-4-18-14-11-13(15(14,2)3)17-12-5-7-16(8-6-12)19-9-10-20-16/h12-14,17H,4-11H2,1-3H3/t13-,14+/m0/s1. The molecule has 116 valence electrons. The molecular weight excluding hydrogens is 254 g/mol. The first-order chi connectivity index (χ1) is 9.56. The zero-order valence-electron chi connectivity index (χ0n) is 13.1. The molecule has 4 heteroatoms. The van der Waals surface area contributed by atoms with Gasteiger partial charge in [0.2, 0.25) is 0 Å². The summed E-state index contributed by atoms with van der Waals surface area (Å²) >= 11 is 0. The van der Waals surface area contributed by atoms with Crippen LogP contribution < -0.4 is 5.32 Å². The van der Waals surface area contributed by atoms with Gasteiger partial charge in [-0.05, 0) is 26.2 Å². The van der Waals surface area contributed by atoms with Crippen LogP contribution in [0.3, 0.4) is 0 Å². The molecule has 0 aromatic carbocycles. The Balaban J connectivity index is 1.46. The van der Waals surface area contributed by atoms with Crippen LogP contribution in [0.4, 0.5) is 0 Å². The van der Waals surface area contributed by atoms with E-state index in [1.54, 1.807) is 0 Å². The van der Waals surface area contributed by atoms with E-state index < -0.39 is 0 Å². The Bertz CT molecular complexity index is 329. The van der Waals surface area contributed by atoms with E-state index in [1.807, 2.05) is 0 Å². The van der Waals surface area contributed by atoms with Crippen LogP contribution in [0.2, 0.25) is 0 Å². The maximum atomic E-state index is 5.81. The van der Waals surface area contributed by atoms with Crippen LogP contribution >= 0.6 is 0 Å². The Morgan fingerprint density at radius 2 is 1.80 bits per heavy atom.